The molecule has 2 rings (SSSR count). The summed E-state index contributed by atoms with van der Waals surface area (Å²) >= 11 is 0. The number of hydrogen-bond donors (Lipinski definition) is 5. The van der Waals surface area contributed by atoms with Crippen molar-refractivity contribution in [3.63, 3.8) is 0 Å². The zero-order valence-electron chi connectivity index (χ0n) is 19.5. The zero-order valence-corrected chi connectivity index (χ0v) is 19.5. The number of ether oxygens (including phenoxy) is 1. The molecule has 2 atom stereocenters. The number of aliphatic hydroxyl groups is 2. The number of unbranched alkanes of at least 4 members (excludes halogenated alkanes) is 2. The molecule has 0 amide bonds. The molecule has 0 radical (unpaired) electrons. The van der Waals surface area contributed by atoms with Crippen molar-refractivity contribution in [1.82, 2.24) is 0 Å². The zero-order chi connectivity index (χ0) is 24.4. The number of aliphatic hydroxyl groups excluding tert-OH is 2. The molecular formula is C26H36O7. The Morgan fingerprint density at radius 1 is 0.970 bits per heavy atom. The van der Waals surface area contributed by atoms with Gasteiger partial charge in [-0.1, -0.05) is 32.3 Å². The third-order valence-corrected chi connectivity index (χ3v) is 5.95. The van der Waals surface area contributed by atoms with Crippen molar-refractivity contribution >= 4 is 5.78 Å². The molecule has 0 bridgehead atoms. The molecule has 0 aliphatic rings. The summed E-state index contributed by atoms with van der Waals surface area (Å²) in [5.74, 6) is -0.393. The van der Waals surface area contributed by atoms with Gasteiger partial charge in [0.05, 0.1) is 19.8 Å². The molecule has 0 saturated carbocycles. The maximum absolute atomic E-state index is 12.8. The van der Waals surface area contributed by atoms with Crippen LogP contribution in [0.4, 0.5) is 0 Å². The Morgan fingerprint density at radius 2 is 1.73 bits per heavy atom. The van der Waals surface area contributed by atoms with Gasteiger partial charge in [-0.25, -0.2) is 0 Å². The number of hydrogen-bond acceptors (Lipinski definition) is 7. The van der Waals surface area contributed by atoms with E-state index in [1.54, 1.807) is 12.1 Å². The van der Waals surface area contributed by atoms with Crippen LogP contribution >= 0.6 is 0 Å². The molecule has 0 aliphatic heterocycles. The molecule has 0 aromatic heterocycles. The van der Waals surface area contributed by atoms with Crippen molar-refractivity contribution in [2.75, 3.05) is 7.11 Å². The lowest BCUT2D eigenvalue weighted by atomic mass is 9.84. The first kappa shape index (κ1) is 26.5. The third kappa shape index (κ3) is 7.94. The van der Waals surface area contributed by atoms with E-state index in [-0.39, 0.29) is 48.4 Å². The number of ketones is 1. The van der Waals surface area contributed by atoms with Crippen LogP contribution in [0.5, 0.6) is 23.0 Å². The molecule has 2 unspecified atom stereocenters. The van der Waals surface area contributed by atoms with E-state index in [4.69, 9.17) is 4.74 Å². The summed E-state index contributed by atoms with van der Waals surface area (Å²) in [6.45, 7) is 1.85. The summed E-state index contributed by atoms with van der Waals surface area (Å²) in [6, 6.07) is 7.68. The topological polar surface area (TPSA) is 127 Å². The normalized spacial score (nSPS) is 13.0. The lowest BCUT2D eigenvalue weighted by Gasteiger charge is -2.22. The van der Waals surface area contributed by atoms with Crippen molar-refractivity contribution in [2.45, 2.75) is 76.9 Å². The highest BCUT2D eigenvalue weighted by Gasteiger charge is 2.22. The van der Waals surface area contributed by atoms with E-state index in [9.17, 15) is 30.3 Å². The predicted octanol–water partition coefficient (Wildman–Crippen LogP) is 4.31. The summed E-state index contributed by atoms with van der Waals surface area (Å²) in [5.41, 5.74) is 2.11. The number of methoxy groups -OCH3 is 1. The van der Waals surface area contributed by atoms with E-state index in [1.165, 1.54) is 25.3 Å². The van der Waals surface area contributed by atoms with E-state index >= 15 is 0 Å². The lowest BCUT2D eigenvalue weighted by Crippen LogP contribution is -2.17. The Bertz CT molecular complexity index is 910. The Labute approximate surface area is 195 Å². The third-order valence-electron chi connectivity index (χ3n) is 5.95. The number of carbonyl (C=O) groups excluding carboxylic acids is 1. The molecule has 7 heteroatoms. The molecule has 0 heterocycles. The van der Waals surface area contributed by atoms with Gasteiger partial charge in [-0.15, -0.1) is 0 Å². The minimum Gasteiger partial charge on any atom is -0.504 e. The Hall–Kier alpha value is -2.77. The van der Waals surface area contributed by atoms with Gasteiger partial charge in [0.1, 0.15) is 5.78 Å². The minimum absolute atomic E-state index is 0.0119. The summed E-state index contributed by atoms with van der Waals surface area (Å²) < 4.78 is 5.23. The smallest absolute Gasteiger partial charge is 0.160 e. The van der Waals surface area contributed by atoms with Crippen molar-refractivity contribution in [1.29, 1.82) is 0 Å². The fraction of sp³-hybridized carbons (Fsp3) is 0.500. The number of phenolic OH excluding ortho intramolecular Hbond substituents is 3. The van der Waals surface area contributed by atoms with E-state index in [2.05, 4.69) is 6.92 Å². The summed E-state index contributed by atoms with van der Waals surface area (Å²) in [4.78, 5) is 12.8. The van der Waals surface area contributed by atoms with Gasteiger partial charge in [-0.3, -0.25) is 4.79 Å². The first-order valence-electron chi connectivity index (χ1n) is 11.5. The fourth-order valence-corrected chi connectivity index (χ4v) is 4.10. The van der Waals surface area contributed by atoms with E-state index in [0.717, 1.165) is 36.8 Å². The molecule has 5 N–H and O–H groups in total. The number of rotatable bonds is 14. The van der Waals surface area contributed by atoms with Gasteiger partial charge in [-0.2, -0.15) is 0 Å². The van der Waals surface area contributed by atoms with Crippen LogP contribution in [0.15, 0.2) is 30.3 Å². The molecule has 0 fully saturated rings. The van der Waals surface area contributed by atoms with Gasteiger partial charge in [0.25, 0.3) is 0 Å². The van der Waals surface area contributed by atoms with Crippen LogP contribution in [0, 0.1) is 0 Å². The molecule has 33 heavy (non-hydrogen) atoms. The molecule has 0 aliphatic carbocycles. The minimum atomic E-state index is -0.823. The van der Waals surface area contributed by atoms with E-state index < -0.39 is 6.10 Å². The molecule has 0 spiro atoms. The SMILES string of the molecule is CCCCCC(CC(=O)CC(O)CCc1ccc(O)c(O)c1)c1cc(OC)c(O)cc1CO. The Balaban J connectivity index is 2.06. The number of Topliss-reactive ketones (excluding diaryl/α,β-unsaturated/α-hetero) is 1. The summed E-state index contributed by atoms with van der Waals surface area (Å²) in [7, 11) is 1.46. The average Bonchev–Trinajstić information content (AvgIpc) is 2.79. The van der Waals surface area contributed by atoms with Gasteiger partial charge < -0.3 is 30.3 Å². The fourth-order valence-electron chi connectivity index (χ4n) is 4.10. The van der Waals surface area contributed by atoms with Crippen molar-refractivity contribution in [3.05, 3.63) is 47.0 Å². The standard InChI is InChI=1S/C26H36O7/c1-3-4-5-6-18(22-15-26(33-2)25(32)13-19(22)16-27)12-21(29)14-20(28)9-7-17-8-10-23(30)24(31)11-17/h8,10-11,13,15,18,20,27-28,30-32H,3-7,9,12,14,16H2,1-2H3. The lowest BCUT2D eigenvalue weighted by molar-refractivity contribution is -0.121. The maximum Gasteiger partial charge on any atom is 0.160 e. The molecule has 2 aromatic carbocycles. The van der Waals surface area contributed by atoms with Gasteiger partial charge in [0.15, 0.2) is 23.0 Å². The highest BCUT2D eigenvalue weighted by molar-refractivity contribution is 5.80. The largest absolute Gasteiger partial charge is 0.504 e. The van der Waals surface area contributed by atoms with Crippen LogP contribution in [0.1, 0.15) is 74.5 Å². The first-order valence-corrected chi connectivity index (χ1v) is 11.5. The Kier molecular flexibility index (Phi) is 10.5. The van der Waals surface area contributed by atoms with Crippen LogP contribution in [0.25, 0.3) is 0 Å². The van der Waals surface area contributed by atoms with E-state index in [0.29, 0.717) is 24.2 Å². The van der Waals surface area contributed by atoms with Crippen molar-refractivity contribution in [3.8, 4) is 23.0 Å². The monoisotopic (exact) mass is 460 g/mol. The van der Waals surface area contributed by atoms with E-state index in [1.807, 2.05) is 0 Å². The second kappa shape index (κ2) is 13.1. The number of benzene rings is 2. The van der Waals surface area contributed by atoms with Gasteiger partial charge >= 0.3 is 0 Å². The number of phenols is 3. The van der Waals surface area contributed by atoms with Crippen LogP contribution in [0.2, 0.25) is 0 Å². The summed E-state index contributed by atoms with van der Waals surface area (Å²) in [6.07, 6.45) is 3.97. The maximum atomic E-state index is 12.8. The van der Waals surface area contributed by atoms with Crippen LogP contribution in [-0.2, 0) is 17.8 Å². The Morgan fingerprint density at radius 3 is 2.36 bits per heavy atom. The quantitative estimate of drug-likeness (QED) is 0.210. The predicted molar refractivity (Wildman–Crippen MR) is 126 cm³/mol. The van der Waals surface area contributed by atoms with Crippen LogP contribution in [0.3, 0.4) is 0 Å². The molecular weight excluding hydrogens is 424 g/mol. The second-order valence-corrected chi connectivity index (χ2v) is 8.54. The van der Waals surface area contributed by atoms with Gasteiger partial charge in [0.2, 0.25) is 0 Å². The first-order chi connectivity index (χ1) is 15.8. The van der Waals surface area contributed by atoms with Crippen molar-refractivity contribution < 1.29 is 35.1 Å². The number of aryl methyl sites for hydroxylation is 1. The molecule has 0 saturated heterocycles. The molecule has 7 nitrogen and oxygen atoms in total. The van der Waals surface area contributed by atoms with Crippen LogP contribution < -0.4 is 4.74 Å². The van der Waals surface area contributed by atoms with Gasteiger partial charge in [0, 0.05) is 12.8 Å². The van der Waals surface area contributed by atoms with Gasteiger partial charge in [-0.05, 0) is 66.1 Å². The van der Waals surface area contributed by atoms with Crippen LogP contribution in [-0.4, -0.2) is 44.5 Å². The molecule has 2 aromatic rings. The molecule has 182 valence electrons. The second-order valence-electron chi connectivity index (χ2n) is 8.54. The highest BCUT2D eigenvalue weighted by atomic mass is 16.5. The number of carbonyl (C=O) groups is 1. The highest BCUT2D eigenvalue weighted by Crippen LogP contribution is 2.37. The number of aromatic hydroxyl groups is 3. The summed E-state index contributed by atoms with van der Waals surface area (Å²) in [5, 5.41) is 49.3. The average molecular weight is 461 g/mol. The van der Waals surface area contributed by atoms with Crippen molar-refractivity contribution in [2.24, 2.45) is 0 Å².